The van der Waals surface area contributed by atoms with Crippen LogP contribution in [0.25, 0.3) is 0 Å². The van der Waals surface area contributed by atoms with Crippen LogP contribution in [0.1, 0.15) is 41.5 Å². The van der Waals surface area contributed by atoms with Crippen molar-refractivity contribution >= 4 is 5.97 Å². The first-order valence-corrected chi connectivity index (χ1v) is 5.60. The fraction of sp³-hybridized carbons (Fsp3) is 0.917. The molecular formula is C12H22O3. The topological polar surface area (TPSA) is 35.5 Å². The summed E-state index contributed by atoms with van der Waals surface area (Å²) in [5.41, 5.74) is -0.414. The molecule has 15 heavy (non-hydrogen) atoms. The SMILES string of the molecule is CC1OC(C)C(C(=O)OC(C)(C)C)C1C. The molecule has 0 radical (unpaired) electrons. The maximum atomic E-state index is 11.9. The lowest BCUT2D eigenvalue weighted by molar-refractivity contribution is -0.162. The van der Waals surface area contributed by atoms with E-state index in [4.69, 9.17) is 9.47 Å². The van der Waals surface area contributed by atoms with Gasteiger partial charge in [-0.15, -0.1) is 0 Å². The summed E-state index contributed by atoms with van der Waals surface area (Å²) in [6.07, 6.45) is 0.0994. The van der Waals surface area contributed by atoms with Crippen molar-refractivity contribution < 1.29 is 14.3 Å². The Bertz CT molecular complexity index is 242. The molecule has 1 heterocycles. The molecular weight excluding hydrogens is 192 g/mol. The molecule has 0 aromatic carbocycles. The van der Waals surface area contributed by atoms with Gasteiger partial charge in [-0.05, 0) is 40.5 Å². The first-order chi connectivity index (χ1) is 6.72. The third kappa shape index (κ3) is 2.94. The second-order valence-corrected chi connectivity index (χ2v) is 5.46. The number of hydrogen-bond donors (Lipinski definition) is 0. The smallest absolute Gasteiger partial charge is 0.312 e. The van der Waals surface area contributed by atoms with Crippen LogP contribution in [-0.4, -0.2) is 23.8 Å². The average molecular weight is 214 g/mol. The van der Waals surface area contributed by atoms with Crippen molar-refractivity contribution in [3.8, 4) is 0 Å². The molecule has 0 saturated carbocycles. The fourth-order valence-electron chi connectivity index (χ4n) is 2.04. The molecule has 1 aliphatic heterocycles. The van der Waals surface area contributed by atoms with Crippen molar-refractivity contribution in [3.63, 3.8) is 0 Å². The Morgan fingerprint density at radius 2 is 1.67 bits per heavy atom. The van der Waals surface area contributed by atoms with Crippen LogP contribution >= 0.6 is 0 Å². The highest BCUT2D eigenvalue weighted by Crippen LogP contribution is 2.33. The number of hydrogen-bond acceptors (Lipinski definition) is 3. The molecule has 1 aliphatic rings. The van der Waals surface area contributed by atoms with Crippen LogP contribution in [-0.2, 0) is 14.3 Å². The summed E-state index contributed by atoms with van der Waals surface area (Å²) in [5, 5.41) is 0. The number of esters is 1. The third-order valence-corrected chi connectivity index (χ3v) is 2.92. The monoisotopic (exact) mass is 214 g/mol. The molecule has 3 heteroatoms. The second-order valence-electron chi connectivity index (χ2n) is 5.46. The first kappa shape index (κ1) is 12.5. The molecule has 1 fully saturated rings. The summed E-state index contributed by atoms with van der Waals surface area (Å²) >= 11 is 0. The molecule has 0 N–H and O–H groups in total. The molecule has 0 bridgehead atoms. The quantitative estimate of drug-likeness (QED) is 0.629. The van der Waals surface area contributed by atoms with Crippen molar-refractivity contribution in [1.29, 1.82) is 0 Å². The lowest BCUT2D eigenvalue weighted by atomic mass is 9.89. The van der Waals surface area contributed by atoms with Gasteiger partial charge in [0.15, 0.2) is 0 Å². The summed E-state index contributed by atoms with van der Waals surface area (Å²) in [6.45, 7) is 11.7. The minimum atomic E-state index is -0.414. The maximum Gasteiger partial charge on any atom is 0.312 e. The predicted molar refractivity (Wildman–Crippen MR) is 58.5 cm³/mol. The van der Waals surface area contributed by atoms with Crippen molar-refractivity contribution in [2.24, 2.45) is 11.8 Å². The van der Waals surface area contributed by atoms with E-state index in [1.54, 1.807) is 0 Å². The molecule has 4 atom stereocenters. The van der Waals surface area contributed by atoms with Crippen LogP contribution in [0.3, 0.4) is 0 Å². The second kappa shape index (κ2) is 4.12. The van der Waals surface area contributed by atoms with Crippen molar-refractivity contribution in [2.45, 2.75) is 59.4 Å². The normalized spacial score (nSPS) is 36.7. The van der Waals surface area contributed by atoms with Crippen LogP contribution < -0.4 is 0 Å². The molecule has 0 aromatic heterocycles. The van der Waals surface area contributed by atoms with Gasteiger partial charge in [0.2, 0.25) is 0 Å². The molecule has 88 valence electrons. The van der Waals surface area contributed by atoms with E-state index in [2.05, 4.69) is 0 Å². The molecule has 1 saturated heterocycles. The highest BCUT2D eigenvalue weighted by atomic mass is 16.6. The van der Waals surface area contributed by atoms with Gasteiger partial charge in [-0.1, -0.05) is 6.92 Å². The number of rotatable bonds is 1. The highest BCUT2D eigenvalue weighted by molar-refractivity contribution is 5.74. The van der Waals surface area contributed by atoms with E-state index in [-0.39, 0.29) is 30.0 Å². The van der Waals surface area contributed by atoms with Gasteiger partial charge in [-0.3, -0.25) is 4.79 Å². The van der Waals surface area contributed by atoms with E-state index >= 15 is 0 Å². The lowest BCUT2D eigenvalue weighted by Crippen LogP contribution is -2.34. The van der Waals surface area contributed by atoms with Gasteiger partial charge in [0.1, 0.15) is 5.60 Å². The number of ether oxygens (including phenoxy) is 2. The zero-order valence-electron chi connectivity index (χ0n) is 10.5. The Balaban J connectivity index is 2.67. The van der Waals surface area contributed by atoms with Crippen molar-refractivity contribution in [2.75, 3.05) is 0 Å². The largest absolute Gasteiger partial charge is 0.460 e. The first-order valence-electron chi connectivity index (χ1n) is 5.60. The van der Waals surface area contributed by atoms with Gasteiger partial charge in [0, 0.05) is 0 Å². The zero-order valence-corrected chi connectivity index (χ0v) is 10.5. The lowest BCUT2D eigenvalue weighted by Gasteiger charge is -2.24. The van der Waals surface area contributed by atoms with Gasteiger partial charge in [-0.2, -0.15) is 0 Å². The molecule has 1 rings (SSSR count). The van der Waals surface area contributed by atoms with E-state index in [9.17, 15) is 4.79 Å². The van der Waals surface area contributed by atoms with Crippen LogP contribution in [0, 0.1) is 11.8 Å². The Labute approximate surface area is 92.1 Å². The minimum absolute atomic E-state index is 0.0372. The minimum Gasteiger partial charge on any atom is -0.460 e. The van der Waals surface area contributed by atoms with E-state index in [0.29, 0.717) is 0 Å². The predicted octanol–water partition coefficient (Wildman–Crippen LogP) is 2.39. The highest BCUT2D eigenvalue weighted by Gasteiger charge is 2.43. The maximum absolute atomic E-state index is 11.9. The van der Waals surface area contributed by atoms with E-state index in [0.717, 1.165) is 0 Å². The van der Waals surface area contributed by atoms with E-state index < -0.39 is 5.60 Å². The molecule has 0 aromatic rings. The summed E-state index contributed by atoms with van der Waals surface area (Å²) in [4.78, 5) is 11.9. The van der Waals surface area contributed by atoms with Gasteiger partial charge >= 0.3 is 5.97 Å². The Hall–Kier alpha value is -0.570. The molecule has 4 unspecified atom stereocenters. The Morgan fingerprint density at radius 1 is 1.13 bits per heavy atom. The summed E-state index contributed by atoms with van der Waals surface area (Å²) in [6, 6.07) is 0. The summed E-state index contributed by atoms with van der Waals surface area (Å²) in [7, 11) is 0. The van der Waals surface area contributed by atoms with Crippen LogP contribution in [0.5, 0.6) is 0 Å². The fourth-order valence-corrected chi connectivity index (χ4v) is 2.04. The Kier molecular flexibility index (Phi) is 3.44. The molecule has 0 aliphatic carbocycles. The van der Waals surface area contributed by atoms with E-state index in [1.807, 2.05) is 41.5 Å². The summed E-state index contributed by atoms with van der Waals surface area (Å²) in [5.74, 6) is -0.0269. The molecule has 0 spiro atoms. The summed E-state index contributed by atoms with van der Waals surface area (Å²) < 4.78 is 11.0. The number of carbonyl (C=O) groups excluding carboxylic acids is 1. The van der Waals surface area contributed by atoms with Gasteiger partial charge < -0.3 is 9.47 Å². The van der Waals surface area contributed by atoms with Gasteiger partial charge in [0.05, 0.1) is 18.1 Å². The van der Waals surface area contributed by atoms with Gasteiger partial charge in [0.25, 0.3) is 0 Å². The average Bonchev–Trinajstić information content (AvgIpc) is 2.22. The van der Waals surface area contributed by atoms with Crippen LogP contribution in [0.4, 0.5) is 0 Å². The Morgan fingerprint density at radius 3 is 2.00 bits per heavy atom. The standard InChI is InChI=1S/C12H22O3/c1-7-8(2)14-9(3)10(7)11(13)15-12(4,5)6/h7-10H,1-6H3. The zero-order chi connectivity index (χ0) is 11.8. The van der Waals surface area contributed by atoms with Crippen molar-refractivity contribution in [3.05, 3.63) is 0 Å². The number of carbonyl (C=O) groups is 1. The van der Waals surface area contributed by atoms with Crippen LogP contribution in [0.15, 0.2) is 0 Å². The van der Waals surface area contributed by atoms with E-state index in [1.165, 1.54) is 0 Å². The van der Waals surface area contributed by atoms with Crippen molar-refractivity contribution in [1.82, 2.24) is 0 Å². The molecule has 3 nitrogen and oxygen atoms in total. The van der Waals surface area contributed by atoms with Crippen LogP contribution in [0.2, 0.25) is 0 Å². The van der Waals surface area contributed by atoms with Gasteiger partial charge in [-0.25, -0.2) is 0 Å². The third-order valence-electron chi connectivity index (χ3n) is 2.92. The molecule has 0 amide bonds.